The van der Waals surface area contributed by atoms with Crippen LogP contribution in [0.4, 0.5) is 5.69 Å². The van der Waals surface area contributed by atoms with Gasteiger partial charge in [-0.2, -0.15) is 0 Å². The minimum atomic E-state index is -0.955. The molecule has 0 saturated carbocycles. The number of anilines is 1. The van der Waals surface area contributed by atoms with Crippen molar-refractivity contribution in [2.75, 3.05) is 19.0 Å². The number of benzene rings is 2. The number of hydrogen-bond acceptors (Lipinski definition) is 3. The van der Waals surface area contributed by atoms with E-state index in [1.54, 1.807) is 19.0 Å². The van der Waals surface area contributed by atoms with Crippen molar-refractivity contribution in [3.63, 3.8) is 0 Å². The van der Waals surface area contributed by atoms with E-state index in [0.717, 1.165) is 21.5 Å². The average molecular weight is 446 g/mol. The Balaban J connectivity index is 1.92. The van der Waals surface area contributed by atoms with E-state index in [9.17, 15) is 4.79 Å². The highest BCUT2D eigenvalue weighted by molar-refractivity contribution is 9.10. The minimum absolute atomic E-state index is 0.00741. The fraction of sp³-hybridized carbons (Fsp3) is 0.300. The summed E-state index contributed by atoms with van der Waals surface area (Å²) in [5.41, 5.74) is 0.855. The van der Waals surface area contributed by atoms with E-state index in [0.29, 0.717) is 5.11 Å². The Hall–Kier alpha value is -2.12. The van der Waals surface area contributed by atoms with E-state index in [1.807, 2.05) is 60.4 Å². The number of nitrogens with zero attached hydrogens (tertiary/aromatic N) is 2. The van der Waals surface area contributed by atoms with Crippen molar-refractivity contribution in [3.8, 4) is 5.75 Å². The third-order valence-corrected chi connectivity index (χ3v) is 5.97. The molecule has 2 aliphatic rings. The van der Waals surface area contributed by atoms with E-state index in [1.165, 1.54) is 0 Å². The lowest BCUT2D eigenvalue weighted by Gasteiger charge is -2.56. The lowest BCUT2D eigenvalue weighted by atomic mass is 9.78. The first-order chi connectivity index (χ1) is 12.8. The summed E-state index contributed by atoms with van der Waals surface area (Å²) in [7, 11) is 3.54. The molecular weight excluding hydrogens is 426 g/mol. The molecule has 5 nitrogen and oxygen atoms in total. The first-order valence-electron chi connectivity index (χ1n) is 8.68. The molecule has 2 bridgehead atoms. The zero-order valence-corrected chi connectivity index (χ0v) is 17.7. The smallest absolute Gasteiger partial charge is 0.233 e. The molecule has 2 aliphatic heterocycles. The fourth-order valence-electron chi connectivity index (χ4n) is 3.99. The lowest BCUT2D eigenvalue weighted by molar-refractivity contribution is -0.144. The van der Waals surface area contributed by atoms with Gasteiger partial charge in [-0.1, -0.05) is 40.2 Å². The Morgan fingerprint density at radius 1 is 1.26 bits per heavy atom. The van der Waals surface area contributed by atoms with Crippen molar-refractivity contribution in [1.82, 2.24) is 10.2 Å². The number of amides is 1. The van der Waals surface area contributed by atoms with Gasteiger partial charge in [-0.3, -0.25) is 9.69 Å². The van der Waals surface area contributed by atoms with Gasteiger partial charge in [0.1, 0.15) is 11.7 Å². The Kier molecular flexibility index (Phi) is 4.39. The second-order valence-corrected chi connectivity index (χ2v) is 8.45. The van der Waals surface area contributed by atoms with Gasteiger partial charge in [-0.25, -0.2) is 0 Å². The topological polar surface area (TPSA) is 44.8 Å². The maximum absolute atomic E-state index is 13.2. The normalized spacial score (nSPS) is 25.9. The van der Waals surface area contributed by atoms with Crippen molar-refractivity contribution in [2.24, 2.45) is 5.92 Å². The van der Waals surface area contributed by atoms with Gasteiger partial charge in [0, 0.05) is 29.8 Å². The predicted molar refractivity (Wildman–Crippen MR) is 113 cm³/mol. The van der Waals surface area contributed by atoms with Crippen LogP contribution < -0.4 is 15.0 Å². The van der Waals surface area contributed by atoms with Crippen LogP contribution in [0.15, 0.2) is 53.0 Å². The Morgan fingerprint density at radius 3 is 2.70 bits per heavy atom. The molecule has 1 amide bonds. The minimum Gasteiger partial charge on any atom is -0.467 e. The molecule has 140 valence electrons. The van der Waals surface area contributed by atoms with Crippen molar-refractivity contribution >= 4 is 44.9 Å². The Labute approximate surface area is 172 Å². The summed E-state index contributed by atoms with van der Waals surface area (Å²) in [4.78, 5) is 16.7. The fourth-order valence-corrected chi connectivity index (χ4v) is 4.79. The van der Waals surface area contributed by atoms with Crippen LogP contribution >= 0.6 is 28.1 Å². The maximum atomic E-state index is 13.2. The van der Waals surface area contributed by atoms with Crippen molar-refractivity contribution in [1.29, 1.82) is 0 Å². The van der Waals surface area contributed by atoms with E-state index in [-0.39, 0.29) is 11.9 Å². The molecule has 0 spiro atoms. The van der Waals surface area contributed by atoms with Crippen LogP contribution in [0.1, 0.15) is 18.5 Å². The quantitative estimate of drug-likeness (QED) is 0.713. The summed E-state index contributed by atoms with van der Waals surface area (Å²) in [6.07, 6.45) is 0. The summed E-state index contributed by atoms with van der Waals surface area (Å²) in [6.45, 7) is 1.94. The van der Waals surface area contributed by atoms with Gasteiger partial charge in [-0.15, -0.1) is 0 Å². The second kappa shape index (κ2) is 6.49. The largest absolute Gasteiger partial charge is 0.467 e. The number of fused-ring (bicyclic) bond motifs is 4. The summed E-state index contributed by atoms with van der Waals surface area (Å²) >= 11 is 9.23. The van der Waals surface area contributed by atoms with E-state index in [4.69, 9.17) is 17.0 Å². The standard InChI is InChI=1S/C20H20BrN3O2S/c1-20-16(18(25)23(2)3)17(14-9-4-5-10-15(14)26-20)22-19(27)24(20)13-8-6-7-12(21)11-13/h4-11,16-17H,1-3H3,(H,22,27). The molecule has 3 atom stereocenters. The number of hydrogen-bond donors (Lipinski definition) is 1. The molecule has 27 heavy (non-hydrogen) atoms. The number of carbonyl (C=O) groups is 1. The molecule has 1 N–H and O–H groups in total. The maximum Gasteiger partial charge on any atom is 0.233 e. The SMILES string of the molecule is CN(C)C(=O)C1C2NC(=S)N(c3cccc(Br)c3)C1(C)Oc1ccccc12. The third kappa shape index (κ3) is 2.80. The molecule has 0 radical (unpaired) electrons. The zero-order chi connectivity index (χ0) is 19.3. The van der Waals surface area contributed by atoms with Crippen molar-refractivity contribution < 1.29 is 9.53 Å². The molecule has 4 rings (SSSR count). The molecular formula is C20H20BrN3O2S. The Morgan fingerprint density at radius 2 is 2.00 bits per heavy atom. The van der Waals surface area contributed by atoms with Gasteiger partial charge >= 0.3 is 0 Å². The van der Waals surface area contributed by atoms with Gasteiger partial charge in [0.25, 0.3) is 0 Å². The number of halogens is 1. The van der Waals surface area contributed by atoms with Crippen LogP contribution in [0, 0.1) is 5.92 Å². The lowest BCUT2D eigenvalue weighted by Crippen LogP contribution is -2.72. The first kappa shape index (κ1) is 18.3. The van der Waals surface area contributed by atoms with Crippen LogP contribution in [0.5, 0.6) is 5.75 Å². The van der Waals surface area contributed by atoms with Gasteiger partial charge in [0.15, 0.2) is 10.8 Å². The van der Waals surface area contributed by atoms with Gasteiger partial charge < -0.3 is 15.0 Å². The van der Waals surface area contributed by atoms with Crippen LogP contribution in [-0.2, 0) is 4.79 Å². The number of rotatable bonds is 2. The molecule has 7 heteroatoms. The summed E-state index contributed by atoms with van der Waals surface area (Å²) in [5, 5.41) is 3.94. The van der Waals surface area contributed by atoms with Crippen molar-refractivity contribution in [2.45, 2.75) is 18.7 Å². The van der Waals surface area contributed by atoms with Crippen LogP contribution in [0.3, 0.4) is 0 Å². The van der Waals surface area contributed by atoms with Crippen molar-refractivity contribution in [3.05, 3.63) is 58.6 Å². The third-order valence-electron chi connectivity index (χ3n) is 5.18. The predicted octanol–water partition coefficient (Wildman–Crippen LogP) is 3.70. The molecule has 1 saturated heterocycles. The van der Waals surface area contributed by atoms with Gasteiger partial charge in [0.2, 0.25) is 5.91 Å². The first-order valence-corrected chi connectivity index (χ1v) is 9.88. The summed E-state index contributed by atoms with van der Waals surface area (Å²) < 4.78 is 7.42. The molecule has 2 heterocycles. The highest BCUT2D eigenvalue weighted by Gasteiger charge is 2.59. The highest BCUT2D eigenvalue weighted by atomic mass is 79.9. The molecule has 0 aromatic heterocycles. The molecule has 2 aromatic carbocycles. The summed E-state index contributed by atoms with van der Waals surface area (Å²) in [5.74, 6) is 0.294. The summed E-state index contributed by atoms with van der Waals surface area (Å²) in [6, 6.07) is 15.4. The average Bonchev–Trinajstić information content (AvgIpc) is 2.60. The van der Waals surface area contributed by atoms with Crippen LogP contribution in [0.2, 0.25) is 0 Å². The molecule has 2 aromatic rings. The van der Waals surface area contributed by atoms with E-state index < -0.39 is 11.6 Å². The molecule has 3 unspecified atom stereocenters. The number of para-hydroxylation sites is 1. The number of carbonyl (C=O) groups excluding carboxylic acids is 1. The zero-order valence-electron chi connectivity index (χ0n) is 15.3. The highest BCUT2D eigenvalue weighted by Crippen LogP contribution is 2.49. The van der Waals surface area contributed by atoms with E-state index >= 15 is 0 Å². The number of ether oxygens (including phenoxy) is 1. The number of thiocarbonyl (C=S) groups is 1. The van der Waals surface area contributed by atoms with Crippen LogP contribution in [0.25, 0.3) is 0 Å². The monoisotopic (exact) mass is 445 g/mol. The molecule has 0 aliphatic carbocycles. The van der Waals surface area contributed by atoms with Crippen LogP contribution in [-0.4, -0.2) is 35.7 Å². The number of nitrogens with one attached hydrogen (secondary N) is 1. The second-order valence-electron chi connectivity index (χ2n) is 7.15. The Bertz CT molecular complexity index is 935. The van der Waals surface area contributed by atoms with E-state index in [2.05, 4.69) is 21.2 Å². The van der Waals surface area contributed by atoms with Gasteiger partial charge in [0.05, 0.1) is 6.04 Å². The van der Waals surface area contributed by atoms with Gasteiger partial charge in [-0.05, 0) is 43.4 Å². The molecule has 1 fully saturated rings.